The molecule has 138 valence electrons. The number of benzene rings is 1. The van der Waals surface area contributed by atoms with Gasteiger partial charge in [0.25, 0.3) is 5.91 Å². The molecule has 3 aromatic heterocycles. The lowest BCUT2D eigenvalue weighted by Crippen LogP contribution is -2.22. The number of nitrogens with one attached hydrogen (secondary N) is 1. The predicted molar refractivity (Wildman–Crippen MR) is 106 cm³/mol. The van der Waals surface area contributed by atoms with E-state index < -0.39 is 0 Å². The Hall–Kier alpha value is -3.80. The van der Waals surface area contributed by atoms with E-state index in [0.29, 0.717) is 18.7 Å². The molecule has 0 radical (unpaired) electrons. The van der Waals surface area contributed by atoms with Gasteiger partial charge in [0.05, 0.1) is 24.0 Å². The molecule has 0 fully saturated rings. The second kappa shape index (κ2) is 8.26. The van der Waals surface area contributed by atoms with Crippen LogP contribution in [0.3, 0.4) is 0 Å². The monoisotopic (exact) mass is 369 g/mol. The molecule has 0 aliphatic rings. The van der Waals surface area contributed by atoms with E-state index in [-0.39, 0.29) is 5.91 Å². The summed E-state index contributed by atoms with van der Waals surface area (Å²) in [5.41, 5.74) is 4.35. The van der Waals surface area contributed by atoms with E-state index in [9.17, 15) is 4.79 Å². The summed E-state index contributed by atoms with van der Waals surface area (Å²) >= 11 is 0. The minimum atomic E-state index is -0.164. The van der Waals surface area contributed by atoms with Crippen molar-refractivity contribution < 1.29 is 4.79 Å². The zero-order chi connectivity index (χ0) is 19.2. The zero-order valence-electron chi connectivity index (χ0n) is 15.2. The van der Waals surface area contributed by atoms with Crippen molar-refractivity contribution in [2.45, 2.75) is 13.1 Å². The SMILES string of the molecule is O=C(NCc1cccnc1)c1ccc(-c2cnn(Cc3ccccc3)c2)nc1. The summed E-state index contributed by atoms with van der Waals surface area (Å²) in [7, 11) is 0. The molecule has 0 aliphatic carbocycles. The molecule has 0 unspecified atom stereocenters. The average molecular weight is 369 g/mol. The van der Waals surface area contributed by atoms with Gasteiger partial charge in [-0.2, -0.15) is 5.10 Å². The molecule has 0 saturated carbocycles. The van der Waals surface area contributed by atoms with Crippen LogP contribution in [0, 0.1) is 0 Å². The fraction of sp³-hybridized carbons (Fsp3) is 0.0909. The van der Waals surface area contributed by atoms with Gasteiger partial charge in [-0.05, 0) is 29.3 Å². The number of carbonyl (C=O) groups is 1. The van der Waals surface area contributed by atoms with Gasteiger partial charge in [0.2, 0.25) is 0 Å². The number of carbonyl (C=O) groups excluding carboxylic acids is 1. The second-order valence-electron chi connectivity index (χ2n) is 6.39. The van der Waals surface area contributed by atoms with Gasteiger partial charge in [0, 0.05) is 36.9 Å². The molecular weight excluding hydrogens is 350 g/mol. The van der Waals surface area contributed by atoms with Crippen LogP contribution in [-0.4, -0.2) is 25.7 Å². The van der Waals surface area contributed by atoms with Crippen molar-refractivity contribution in [2.24, 2.45) is 0 Å². The molecule has 0 bridgehead atoms. The third kappa shape index (κ3) is 4.29. The van der Waals surface area contributed by atoms with Crippen molar-refractivity contribution in [1.82, 2.24) is 25.1 Å². The molecular formula is C22H19N5O. The first-order chi connectivity index (χ1) is 13.8. The van der Waals surface area contributed by atoms with Crippen molar-refractivity contribution in [3.05, 3.63) is 102 Å². The lowest BCUT2D eigenvalue weighted by molar-refractivity contribution is 0.0950. The minimum absolute atomic E-state index is 0.164. The van der Waals surface area contributed by atoms with Gasteiger partial charge in [-0.15, -0.1) is 0 Å². The van der Waals surface area contributed by atoms with Crippen molar-refractivity contribution >= 4 is 5.91 Å². The normalized spacial score (nSPS) is 10.6. The molecule has 0 saturated heterocycles. The fourth-order valence-corrected chi connectivity index (χ4v) is 2.84. The number of rotatable bonds is 6. The second-order valence-corrected chi connectivity index (χ2v) is 6.39. The Bertz CT molecular complexity index is 1040. The summed E-state index contributed by atoms with van der Waals surface area (Å²) in [5.74, 6) is -0.164. The van der Waals surface area contributed by atoms with Gasteiger partial charge in [-0.25, -0.2) is 0 Å². The Morgan fingerprint density at radius 1 is 0.929 bits per heavy atom. The van der Waals surface area contributed by atoms with Crippen LogP contribution in [0.25, 0.3) is 11.3 Å². The molecule has 28 heavy (non-hydrogen) atoms. The highest BCUT2D eigenvalue weighted by Gasteiger charge is 2.08. The molecule has 1 aromatic carbocycles. The Labute approximate surface area is 162 Å². The average Bonchev–Trinajstić information content (AvgIpc) is 3.22. The number of hydrogen-bond acceptors (Lipinski definition) is 4. The van der Waals surface area contributed by atoms with Crippen molar-refractivity contribution in [1.29, 1.82) is 0 Å². The number of aromatic nitrogens is 4. The first kappa shape index (κ1) is 17.6. The maximum absolute atomic E-state index is 12.3. The summed E-state index contributed by atoms with van der Waals surface area (Å²) in [6.45, 7) is 1.14. The Morgan fingerprint density at radius 3 is 2.54 bits per heavy atom. The van der Waals surface area contributed by atoms with Crippen LogP contribution in [-0.2, 0) is 13.1 Å². The van der Waals surface area contributed by atoms with Crippen LogP contribution in [0.1, 0.15) is 21.5 Å². The predicted octanol–water partition coefficient (Wildman–Crippen LogP) is 3.32. The number of nitrogens with zero attached hydrogens (tertiary/aromatic N) is 4. The molecule has 4 rings (SSSR count). The van der Waals surface area contributed by atoms with Crippen LogP contribution in [0.5, 0.6) is 0 Å². The number of amides is 1. The van der Waals surface area contributed by atoms with Crippen molar-refractivity contribution in [3.63, 3.8) is 0 Å². The molecule has 1 N–H and O–H groups in total. The standard InChI is InChI=1S/C22H19N5O/c28-22(25-12-18-7-4-10-23-11-18)19-8-9-21(24-13-19)20-14-26-27(16-20)15-17-5-2-1-3-6-17/h1-11,13-14,16H,12,15H2,(H,25,28). The highest BCUT2D eigenvalue weighted by molar-refractivity contribution is 5.94. The van der Waals surface area contributed by atoms with Gasteiger partial charge >= 0.3 is 0 Å². The highest BCUT2D eigenvalue weighted by atomic mass is 16.1. The van der Waals surface area contributed by atoms with Crippen LogP contribution in [0.15, 0.2) is 85.6 Å². The fourth-order valence-electron chi connectivity index (χ4n) is 2.84. The van der Waals surface area contributed by atoms with E-state index in [0.717, 1.165) is 16.8 Å². The summed E-state index contributed by atoms with van der Waals surface area (Å²) in [6.07, 6.45) is 8.76. The molecule has 0 aliphatic heterocycles. The largest absolute Gasteiger partial charge is 0.348 e. The van der Waals surface area contributed by atoms with Crippen LogP contribution >= 0.6 is 0 Å². The number of hydrogen-bond donors (Lipinski definition) is 1. The molecule has 3 heterocycles. The molecule has 6 nitrogen and oxygen atoms in total. The Balaban J connectivity index is 1.40. The van der Waals surface area contributed by atoms with Gasteiger partial charge in [-0.3, -0.25) is 19.4 Å². The van der Waals surface area contributed by atoms with E-state index in [4.69, 9.17) is 0 Å². The highest BCUT2D eigenvalue weighted by Crippen LogP contribution is 2.17. The molecule has 0 spiro atoms. The van der Waals surface area contributed by atoms with Crippen molar-refractivity contribution in [3.8, 4) is 11.3 Å². The first-order valence-electron chi connectivity index (χ1n) is 8.98. The summed E-state index contributed by atoms with van der Waals surface area (Å²) < 4.78 is 1.88. The minimum Gasteiger partial charge on any atom is -0.348 e. The summed E-state index contributed by atoms with van der Waals surface area (Å²) in [5, 5.41) is 7.27. The third-order valence-electron chi connectivity index (χ3n) is 4.32. The summed E-state index contributed by atoms with van der Waals surface area (Å²) in [6, 6.07) is 17.5. The van der Waals surface area contributed by atoms with E-state index in [1.807, 2.05) is 47.3 Å². The quantitative estimate of drug-likeness (QED) is 0.566. The smallest absolute Gasteiger partial charge is 0.253 e. The Kier molecular flexibility index (Phi) is 5.20. The maximum atomic E-state index is 12.3. The van der Waals surface area contributed by atoms with Crippen LogP contribution in [0.4, 0.5) is 0 Å². The van der Waals surface area contributed by atoms with Gasteiger partial charge < -0.3 is 5.32 Å². The topological polar surface area (TPSA) is 72.7 Å². The number of pyridine rings is 2. The van der Waals surface area contributed by atoms with Gasteiger partial charge in [-0.1, -0.05) is 36.4 Å². The maximum Gasteiger partial charge on any atom is 0.253 e. The third-order valence-corrected chi connectivity index (χ3v) is 4.32. The van der Waals surface area contributed by atoms with E-state index in [1.54, 1.807) is 30.9 Å². The molecule has 4 aromatic rings. The zero-order valence-corrected chi connectivity index (χ0v) is 15.2. The first-order valence-corrected chi connectivity index (χ1v) is 8.98. The Morgan fingerprint density at radius 2 is 1.79 bits per heavy atom. The lowest BCUT2D eigenvalue weighted by Gasteiger charge is -2.05. The van der Waals surface area contributed by atoms with E-state index in [2.05, 4.69) is 32.5 Å². The molecule has 0 atom stereocenters. The van der Waals surface area contributed by atoms with E-state index >= 15 is 0 Å². The van der Waals surface area contributed by atoms with E-state index in [1.165, 1.54) is 5.56 Å². The van der Waals surface area contributed by atoms with Crippen molar-refractivity contribution in [2.75, 3.05) is 0 Å². The van der Waals surface area contributed by atoms with Crippen LogP contribution in [0.2, 0.25) is 0 Å². The van der Waals surface area contributed by atoms with Gasteiger partial charge in [0.1, 0.15) is 0 Å². The summed E-state index contributed by atoms with van der Waals surface area (Å²) in [4.78, 5) is 20.7. The lowest BCUT2D eigenvalue weighted by atomic mass is 10.2. The molecule has 6 heteroatoms. The van der Waals surface area contributed by atoms with Crippen LogP contribution < -0.4 is 5.32 Å². The molecule has 1 amide bonds. The van der Waals surface area contributed by atoms with Gasteiger partial charge in [0.15, 0.2) is 0 Å².